The van der Waals surface area contributed by atoms with Crippen molar-refractivity contribution in [1.29, 1.82) is 0 Å². The number of likely N-dealkylation sites (tertiary alicyclic amines) is 1. The van der Waals surface area contributed by atoms with Crippen molar-refractivity contribution in [2.45, 2.75) is 19.8 Å². The Morgan fingerprint density at radius 3 is 3.12 bits per heavy atom. The van der Waals surface area contributed by atoms with Crippen LogP contribution in [0.3, 0.4) is 0 Å². The maximum atomic E-state index is 11.3. The van der Waals surface area contributed by atoms with E-state index in [-0.39, 0.29) is 5.91 Å². The van der Waals surface area contributed by atoms with Crippen molar-refractivity contribution in [2.24, 2.45) is 0 Å². The van der Waals surface area contributed by atoms with E-state index in [0.29, 0.717) is 25.5 Å². The lowest BCUT2D eigenvalue weighted by molar-refractivity contribution is -0.128. The smallest absolute Gasteiger partial charge is 0.222 e. The molecular formula is C12H16N2O2. The Kier molecular flexibility index (Phi) is 3.39. The second-order valence-electron chi connectivity index (χ2n) is 3.96. The van der Waals surface area contributed by atoms with Gasteiger partial charge in [-0.15, -0.1) is 0 Å². The number of nitrogens with zero attached hydrogens (tertiary/aromatic N) is 2. The molecule has 1 fully saturated rings. The van der Waals surface area contributed by atoms with Crippen molar-refractivity contribution < 1.29 is 9.53 Å². The fourth-order valence-electron chi connectivity index (χ4n) is 1.82. The van der Waals surface area contributed by atoms with Crippen LogP contribution in [0.2, 0.25) is 0 Å². The molecule has 0 spiro atoms. The fourth-order valence-corrected chi connectivity index (χ4v) is 1.82. The lowest BCUT2D eigenvalue weighted by atomic mass is 10.3. The van der Waals surface area contributed by atoms with Crippen LogP contribution in [0.25, 0.3) is 0 Å². The van der Waals surface area contributed by atoms with Crippen LogP contribution in [0.5, 0.6) is 5.88 Å². The predicted molar refractivity (Wildman–Crippen MR) is 60.3 cm³/mol. The van der Waals surface area contributed by atoms with Crippen molar-refractivity contribution in [3.8, 4) is 5.88 Å². The van der Waals surface area contributed by atoms with Crippen LogP contribution in [0, 0.1) is 6.92 Å². The van der Waals surface area contributed by atoms with Gasteiger partial charge in [-0.3, -0.25) is 4.79 Å². The molecular weight excluding hydrogens is 204 g/mol. The first-order valence-electron chi connectivity index (χ1n) is 5.59. The minimum absolute atomic E-state index is 0.237. The zero-order valence-corrected chi connectivity index (χ0v) is 9.48. The summed E-state index contributed by atoms with van der Waals surface area (Å²) in [6.45, 7) is 4.01. The highest BCUT2D eigenvalue weighted by Gasteiger charge is 2.19. The molecule has 1 aromatic rings. The highest BCUT2D eigenvalue weighted by atomic mass is 16.5. The van der Waals surface area contributed by atoms with Crippen molar-refractivity contribution in [3.63, 3.8) is 0 Å². The SMILES string of the molecule is Cc1cccnc1OCCN1CCCC1=O. The number of aromatic nitrogens is 1. The van der Waals surface area contributed by atoms with Gasteiger partial charge in [-0.25, -0.2) is 4.98 Å². The number of ether oxygens (including phenoxy) is 1. The summed E-state index contributed by atoms with van der Waals surface area (Å²) in [5, 5.41) is 0. The summed E-state index contributed by atoms with van der Waals surface area (Å²) in [6.07, 6.45) is 3.37. The van der Waals surface area contributed by atoms with Crippen molar-refractivity contribution in [3.05, 3.63) is 23.9 Å². The first kappa shape index (κ1) is 10.9. The average molecular weight is 220 g/mol. The Labute approximate surface area is 95.2 Å². The van der Waals surface area contributed by atoms with Crippen LogP contribution < -0.4 is 4.74 Å². The molecule has 0 unspecified atom stereocenters. The Morgan fingerprint density at radius 2 is 2.44 bits per heavy atom. The Bertz CT molecular complexity index is 379. The highest BCUT2D eigenvalue weighted by Crippen LogP contribution is 2.13. The van der Waals surface area contributed by atoms with Gasteiger partial charge in [0.2, 0.25) is 11.8 Å². The van der Waals surface area contributed by atoms with E-state index in [1.165, 1.54) is 0 Å². The summed E-state index contributed by atoms with van der Waals surface area (Å²) in [5.41, 5.74) is 1.02. The number of rotatable bonds is 4. The molecule has 1 saturated heterocycles. The molecule has 0 aromatic carbocycles. The molecule has 4 heteroatoms. The third-order valence-corrected chi connectivity index (χ3v) is 2.73. The molecule has 1 aliphatic rings. The molecule has 1 amide bonds. The Morgan fingerprint density at radius 1 is 1.56 bits per heavy atom. The van der Waals surface area contributed by atoms with Crippen molar-refractivity contribution >= 4 is 5.91 Å². The van der Waals surface area contributed by atoms with Gasteiger partial charge in [0.05, 0.1) is 6.54 Å². The van der Waals surface area contributed by atoms with Gasteiger partial charge in [-0.05, 0) is 19.4 Å². The summed E-state index contributed by atoms with van der Waals surface area (Å²) in [5.74, 6) is 0.899. The molecule has 2 heterocycles. The summed E-state index contributed by atoms with van der Waals surface area (Å²) in [6, 6.07) is 3.84. The molecule has 0 N–H and O–H groups in total. The number of hydrogen-bond acceptors (Lipinski definition) is 3. The lowest BCUT2D eigenvalue weighted by Crippen LogP contribution is -2.29. The standard InChI is InChI=1S/C12H16N2O2/c1-10-4-2-6-13-12(10)16-9-8-14-7-3-5-11(14)15/h2,4,6H,3,5,7-9H2,1H3. The summed E-state index contributed by atoms with van der Waals surface area (Å²) < 4.78 is 5.54. The van der Waals surface area contributed by atoms with Crippen molar-refractivity contribution in [1.82, 2.24) is 9.88 Å². The number of pyridine rings is 1. The zero-order chi connectivity index (χ0) is 11.4. The minimum Gasteiger partial charge on any atom is -0.476 e. The molecule has 1 aliphatic heterocycles. The number of carbonyl (C=O) groups is 1. The van der Waals surface area contributed by atoms with Crippen LogP contribution in [0.4, 0.5) is 0 Å². The maximum absolute atomic E-state index is 11.3. The summed E-state index contributed by atoms with van der Waals surface area (Å²) in [7, 11) is 0. The number of amides is 1. The van der Waals surface area contributed by atoms with E-state index in [9.17, 15) is 4.79 Å². The first-order chi connectivity index (χ1) is 7.77. The topological polar surface area (TPSA) is 42.4 Å². The quantitative estimate of drug-likeness (QED) is 0.770. The predicted octanol–water partition coefficient (Wildman–Crippen LogP) is 1.39. The molecule has 0 aliphatic carbocycles. The van der Waals surface area contributed by atoms with Crippen LogP contribution in [-0.2, 0) is 4.79 Å². The van der Waals surface area contributed by atoms with Gasteiger partial charge in [0.25, 0.3) is 0 Å². The molecule has 1 aromatic heterocycles. The summed E-state index contributed by atoms with van der Waals surface area (Å²) >= 11 is 0. The minimum atomic E-state index is 0.237. The monoisotopic (exact) mass is 220 g/mol. The largest absolute Gasteiger partial charge is 0.476 e. The van der Waals surface area contributed by atoms with Gasteiger partial charge >= 0.3 is 0 Å². The molecule has 86 valence electrons. The van der Waals surface area contributed by atoms with Gasteiger partial charge in [0, 0.05) is 24.7 Å². The lowest BCUT2D eigenvalue weighted by Gasteiger charge is -2.15. The van der Waals surface area contributed by atoms with Gasteiger partial charge < -0.3 is 9.64 Å². The van der Waals surface area contributed by atoms with E-state index >= 15 is 0 Å². The fraction of sp³-hybridized carbons (Fsp3) is 0.500. The molecule has 0 atom stereocenters. The third-order valence-electron chi connectivity index (χ3n) is 2.73. The van der Waals surface area contributed by atoms with Gasteiger partial charge in [-0.1, -0.05) is 6.07 Å². The van der Waals surface area contributed by atoms with Crippen LogP contribution in [0.1, 0.15) is 18.4 Å². The van der Waals surface area contributed by atoms with Gasteiger partial charge in [0.15, 0.2) is 0 Å². The highest BCUT2D eigenvalue weighted by molar-refractivity contribution is 5.78. The van der Waals surface area contributed by atoms with Gasteiger partial charge in [0.1, 0.15) is 6.61 Å². The molecule has 16 heavy (non-hydrogen) atoms. The van der Waals surface area contributed by atoms with E-state index in [4.69, 9.17) is 4.74 Å². The van der Waals surface area contributed by atoms with Crippen LogP contribution in [-0.4, -0.2) is 35.5 Å². The molecule has 2 rings (SSSR count). The van der Waals surface area contributed by atoms with Crippen molar-refractivity contribution in [2.75, 3.05) is 19.7 Å². The van der Waals surface area contributed by atoms with Crippen LogP contribution >= 0.6 is 0 Å². The van der Waals surface area contributed by atoms with E-state index in [1.54, 1.807) is 6.20 Å². The Balaban J connectivity index is 1.80. The average Bonchev–Trinajstić information content (AvgIpc) is 2.67. The normalized spacial score (nSPS) is 15.6. The number of aryl methyl sites for hydroxylation is 1. The first-order valence-corrected chi connectivity index (χ1v) is 5.59. The second kappa shape index (κ2) is 4.96. The number of hydrogen-bond donors (Lipinski definition) is 0. The molecule has 4 nitrogen and oxygen atoms in total. The molecule has 0 radical (unpaired) electrons. The Hall–Kier alpha value is -1.58. The molecule has 0 saturated carbocycles. The third kappa shape index (κ3) is 2.51. The van der Waals surface area contributed by atoms with E-state index < -0.39 is 0 Å². The maximum Gasteiger partial charge on any atom is 0.222 e. The van der Waals surface area contributed by atoms with Gasteiger partial charge in [-0.2, -0.15) is 0 Å². The number of carbonyl (C=O) groups excluding carboxylic acids is 1. The summed E-state index contributed by atoms with van der Waals surface area (Å²) in [4.78, 5) is 17.3. The van der Waals surface area contributed by atoms with E-state index in [2.05, 4.69) is 4.98 Å². The zero-order valence-electron chi connectivity index (χ0n) is 9.48. The van der Waals surface area contributed by atoms with E-state index in [1.807, 2.05) is 24.0 Å². The van der Waals surface area contributed by atoms with E-state index in [0.717, 1.165) is 18.5 Å². The second-order valence-corrected chi connectivity index (χ2v) is 3.96. The molecule has 0 bridgehead atoms. The van der Waals surface area contributed by atoms with Crippen LogP contribution in [0.15, 0.2) is 18.3 Å².